The molecule has 1 aliphatic carbocycles. The van der Waals surface area contributed by atoms with E-state index in [1.54, 1.807) is 0 Å². The number of halogens is 3. The first-order chi connectivity index (χ1) is 9.04. The molecule has 0 bridgehead atoms. The van der Waals surface area contributed by atoms with Gasteiger partial charge in [0.05, 0.1) is 12.5 Å². The molecule has 0 amide bonds. The highest BCUT2D eigenvalue weighted by Gasteiger charge is 2.21. The van der Waals surface area contributed by atoms with E-state index < -0.39 is 17.5 Å². The van der Waals surface area contributed by atoms with Crippen molar-refractivity contribution in [2.24, 2.45) is 0 Å². The fourth-order valence-corrected chi connectivity index (χ4v) is 2.31. The molecule has 2 aliphatic rings. The van der Waals surface area contributed by atoms with E-state index in [2.05, 4.69) is 4.90 Å². The lowest BCUT2D eigenvalue weighted by atomic mass is 10.1. The van der Waals surface area contributed by atoms with Crippen molar-refractivity contribution in [3.63, 3.8) is 0 Å². The van der Waals surface area contributed by atoms with Crippen LogP contribution in [-0.2, 0) is 4.74 Å². The van der Waals surface area contributed by atoms with Crippen molar-refractivity contribution < 1.29 is 17.9 Å². The largest absolute Gasteiger partial charge is 0.491 e. The third-order valence-corrected chi connectivity index (χ3v) is 3.36. The average molecular weight is 273 g/mol. The molecule has 5 heteroatoms. The van der Waals surface area contributed by atoms with E-state index in [1.165, 1.54) is 0 Å². The van der Waals surface area contributed by atoms with Gasteiger partial charge in [0.1, 0.15) is 17.4 Å². The van der Waals surface area contributed by atoms with Gasteiger partial charge >= 0.3 is 0 Å². The van der Waals surface area contributed by atoms with Gasteiger partial charge in [-0.05, 0) is 32.9 Å². The molecule has 0 aromatic heterocycles. The summed E-state index contributed by atoms with van der Waals surface area (Å²) in [6, 6.07) is 0. The molecule has 1 aliphatic heterocycles. The SMILES string of the molecule is CN1CCCC(OC2=C(F)C=C(F)C=C(F)C2)CC1. The molecular weight excluding hydrogens is 255 g/mol. The van der Waals surface area contributed by atoms with Crippen LogP contribution in [-0.4, -0.2) is 31.1 Å². The van der Waals surface area contributed by atoms with E-state index in [0.717, 1.165) is 32.4 Å². The summed E-state index contributed by atoms with van der Waals surface area (Å²) < 4.78 is 45.6. The monoisotopic (exact) mass is 273 g/mol. The van der Waals surface area contributed by atoms with Gasteiger partial charge in [-0.15, -0.1) is 0 Å². The maximum absolute atomic E-state index is 13.7. The fourth-order valence-electron chi connectivity index (χ4n) is 2.31. The van der Waals surface area contributed by atoms with E-state index in [9.17, 15) is 13.2 Å². The summed E-state index contributed by atoms with van der Waals surface area (Å²) in [7, 11) is 2.02. The second-order valence-electron chi connectivity index (χ2n) is 5.04. The number of likely N-dealkylation sites (tertiary alicyclic amines) is 1. The van der Waals surface area contributed by atoms with Crippen molar-refractivity contribution in [1.29, 1.82) is 0 Å². The lowest BCUT2D eigenvalue weighted by Crippen LogP contribution is -2.20. The first-order valence-corrected chi connectivity index (χ1v) is 6.51. The molecule has 0 aromatic carbocycles. The van der Waals surface area contributed by atoms with Gasteiger partial charge in [-0.25, -0.2) is 13.2 Å². The maximum Gasteiger partial charge on any atom is 0.164 e. The zero-order valence-electron chi connectivity index (χ0n) is 11.0. The van der Waals surface area contributed by atoms with Gasteiger partial charge in [0.2, 0.25) is 0 Å². The minimum absolute atomic E-state index is 0.101. The zero-order chi connectivity index (χ0) is 13.8. The number of hydrogen-bond acceptors (Lipinski definition) is 2. The molecule has 19 heavy (non-hydrogen) atoms. The molecule has 1 fully saturated rings. The van der Waals surface area contributed by atoms with Crippen LogP contribution in [0.5, 0.6) is 0 Å². The third kappa shape index (κ3) is 4.13. The van der Waals surface area contributed by atoms with Gasteiger partial charge < -0.3 is 9.64 Å². The Labute approximate surface area is 111 Å². The van der Waals surface area contributed by atoms with Crippen molar-refractivity contribution >= 4 is 0 Å². The predicted octanol–water partition coefficient (Wildman–Crippen LogP) is 3.78. The van der Waals surface area contributed by atoms with Crippen LogP contribution < -0.4 is 0 Å². The number of ether oxygens (including phenoxy) is 1. The van der Waals surface area contributed by atoms with Crippen molar-refractivity contribution in [3.05, 3.63) is 35.4 Å². The molecule has 1 unspecified atom stereocenters. The topological polar surface area (TPSA) is 12.5 Å². The Hall–Kier alpha value is -1.23. The van der Waals surface area contributed by atoms with Crippen LogP contribution in [0.25, 0.3) is 0 Å². The lowest BCUT2D eigenvalue weighted by Gasteiger charge is -2.19. The van der Waals surface area contributed by atoms with E-state index in [4.69, 9.17) is 4.74 Å². The van der Waals surface area contributed by atoms with E-state index in [-0.39, 0.29) is 18.3 Å². The molecule has 1 heterocycles. The molecule has 2 nitrogen and oxygen atoms in total. The Morgan fingerprint density at radius 2 is 1.95 bits per heavy atom. The van der Waals surface area contributed by atoms with E-state index >= 15 is 0 Å². The quantitative estimate of drug-likeness (QED) is 0.759. The molecular formula is C14H18F3NO. The van der Waals surface area contributed by atoms with Crippen molar-refractivity contribution in [2.75, 3.05) is 20.1 Å². The highest BCUT2D eigenvalue weighted by atomic mass is 19.1. The second-order valence-corrected chi connectivity index (χ2v) is 5.04. The summed E-state index contributed by atoms with van der Waals surface area (Å²) in [6.45, 7) is 1.84. The Kier molecular flexibility index (Phi) is 4.69. The zero-order valence-corrected chi connectivity index (χ0v) is 11.0. The van der Waals surface area contributed by atoms with Crippen molar-refractivity contribution in [2.45, 2.75) is 31.8 Å². The van der Waals surface area contributed by atoms with Gasteiger partial charge in [-0.2, -0.15) is 0 Å². The first-order valence-electron chi connectivity index (χ1n) is 6.51. The molecule has 0 N–H and O–H groups in total. The number of allylic oxidation sites excluding steroid dienone is 5. The highest BCUT2D eigenvalue weighted by molar-refractivity contribution is 5.31. The Balaban J connectivity index is 2.05. The van der Waals surface area contributed by atoms with E-state index in [0.29, 0.717) is 12.2 Å². The summed E-state index contributed by atoms with van der Waals surface area (Å²) >= 11 is 0. The lowest BCUT2D eigenvalue weighted by molar-refractivity contribution is 0.0923. The number of nitrogens with zero attached hydrogens (tertiary/aromatic N) is 1. The highest BCUT2D eigenvalue weighted by Crippen LogP contribution is 2.28. The van der Waals surface area contributed by atoms with Gasteiger partial charge in [0.15, 0.2) is 5.83 Å². The van der Waals surface area contributed by atoms with Gasteiger partial charge in [0, 0.05) is 18.7 Å². The van der Waals surface area contributed by atoms with E-state index in [1.807, 2.05) is 7.05 Å². The summed E-state index contributed by atoms with van der Waals surface area (Å²) in [6.07, 6.45) is 3.44. The fraction of sp³-hybridized carbons (Fsp3) is 0.571. The summed E-state index contributed by atoms with van der Waals surface area (Å²) in [5.74, 6) is -2.56. The van der Waals surface area contributed by atoms with Crippen molar-refractivity contribution in [3.8, 4) is 0 Å². The molecule has 0 spiro atoms. The predicted molar refractivity (Wildman–Crippen MR) is 67.4 cm³/mol. The summed E-state index contributed by atoms with van der Waals surface area (Å²) in [5, 5.41) is 0. The smallest absolute Gasteiger partial charge is 0.164 e. The van der Waals surface area contributed by atoms with Gasteiger partial charge in [0.25, 0.3) is 0 Å². The minimum atomic E-state index is -0.922. The normalized spacial score (nSPS) is 26.4. The maximum atomic E-state index is 13.7. The minimum Gasteiger partial charge on any atom is -0.491 e. The average Bonchev–Trinajstić information content (AvgIpc) is 2.58. The molecule has 0 saturated carbocycles. The van der Waals surface area contributed by atoms with Crippen LogP contribution >= 0.6 is 0 Å². The second kappa shape index (κ2) is 6.28. The first kappa shape index (κ1) is 14.2. The third-order valence-electron chi connectivity index (χ3n) is 3.36. The standard InChI is InChI=1S/C14H18F3NO/c1-18-5-2-3-12(4-6-18)19-14-9-11(16)7-10(15)8-13(14)17/h7-8,12H,2-6,9H2,1H3. The molecule has 106 valence electrons. The summed E-state index contributed by atoms with van der Waals surface area (Å²) in [4.78, 5) is 2.18. The molecule has 1 saturated heterocycles. The van der Waals surface area contributed by atoms with Gasteiger partial charge in [-0.3, -0.25) is 0 Å². The number of rotatable bonds is 2. The van der Waals surface area contributed by atoms with Crippen LogP contribution in [0.3, 0.4) is 0 Å². The number of hydrogen-bond donors (Lipinski definition) is 0. The molecule has 2 rings (SSSR count). The van der Waals surface area contributed by atoms with Crippen LogP contribution in [0.2, 0.25) is 0 Å². The van der Waals surface area contributed by atoms with Gasteiger partial charge in [-0.1, -0.05) is 0 Å². The molecule has 0 aromatic rings. The molecule has 1 atom stereocenters. The molecule has 0 radical (unpaired) electrons. The Morgan fingerprint density at radius 3 is 2.74 bits per heavy atom. The Bertz CT molecular complexity index is 428. The van der Waals surface area contributed by atoms with Crippen LogP contribution in [0.4, 0.5) is 13.2 Å². The van der Waals surface area contributed by atoms with Crippen LogP contribution in [0.15, 0.2) is 35.4 Å². The van der Waals surface area contributed by atoms with Crippen LogP contribution in [0, 0.1) is 0 Å². The van der Waals surface area contributed by atoms with Crippen LogP contribution in [0.1, 0.15) is 25.7 Å². The van der Waals surface area contributed by atoms with Crippen molar-refractivity contribution in [1.82, 2.24) is 4.90 Å². The Morgan fingerprint density at radius 1 is 1.16 bits per heavy atom. The summed E-state index contributed by atoms with van der Waals surface area (Å²) in [5.41, 5.74) is 0.